The Balaban J connectivity index is 2.25. The van der Waals surface area contributed by atoms with Crippen LogP contribution in [-0.4, -0.2) is 43.6 Å². The van der Waals surface area contributed by atoms with Crippen molar-refractivity contribution in [2.75, 3.05) is 33.5 Å². The van der Waals surface area contributed by atoms with Crippen molar-refractivity contribution >= 4 is 0 Å². The maximum Gasteiger partial charge on any atom is 0.213 e. The molecule has 0 aliphatic heterocycles. The van der Waals surface area contributed by atoms with Crippen molar-refractivity contribution in [1.29, 1.82) is 0 Å². The van der Waals surface area contributed by atoms with Gasteiger partial charge in [0.25, 0.3) is 0 Å². The smallest absolute Gasteiger partial charge is 0.213 e. The third kappa shape index (κ3) is 5.12. The van der Waals surface area contributed by atoms with Gasteiger partial charge in [0.05, 0.1) is 26.4 Å². The van der Waals surface area contributed by atoms with Crippen LogP contribution in [0.5, 0.6) is 5.88 Å². The maximum absolute atomic E-state index is 8.99. The Morgan fingerprint density at radius 1 is 1.18 bits per heavy atom. The standard InChI is InChI=1S/C12H19NO4/c1-10-11(9-14)3-4-12(13-10)17-8-7-16-6-5-15-2/h3-4,14H,5-9H2,1-2H3. The van der Waals surface area contributed by atoms with E-state index in [-0.39, 0.29) is 6.61 Å². The van der Waals surface area contributed by atoms with Gasteiger partial charge in [-0.2, -0.15) is 0 Å². The van der Waals surface area contributed by atoms with Gasteiger partial charge in [-0.25, -0.2) is 4.98 Å². The van der Waals surface area contributed by atoms with Crippen LogP contribution < -0.4 is 4.74 Å². The number of pyridine rings is 1. The average Bonchev–Trinajstić information content (AvgIpc) is 2.34. The number of ether oxygens (including phenoxy) is 3. The lowest BCUT2D eigenvalue weighted by Gasteiger charge is -2.08. The molecular weight excluding hydrogens is 222 g/mol. The van der Waals surface area contributed by atoms with Crippen molar-refractivity contribution in [3.63, 3.8) is 0 Å². The summed E-state index contributed by atoms with van der Waals surface area (Å²) in [6.07, 6.45) is 0. The Labute approximate surface area is 101 Å². The molecule has 1 aromatic rings. The molecule has 1 aromatic heterocycles. The summed E-state index contributed by atoms with van der Waals surface area (Å²) in [6.45, 7) is 3.95. The Hall–Kier alpha value is -1.17. The molecule has 96 valence electrons. The number of hydrogen-bond acceptors (Lipinski definition) is 5. The number of aliphatic hydroxyl groups excluding tert-OH is 1. The molecule has 0 radical (unpaired) electrons. The third-order valence-electron chi connectivity index (χ3n) is 2.25. The fraction of sp³-hybridized carbons (Fsp3) is 0.583. The summed E-state index contributed by atoms with van der Waals surface area (Å²) in [5, 5.41) is 8.99. The lowest BCUT2D eigenvalue weighted by molar-refractivity contribution is 0.0536. The number of aryl methyl sites for hydroxylation is 1. The van der Waals surface area contributed by atoms with Crippen molar-refractivity contribution in [2.24, 2.45) is 0 Å². The second-order valence-electron chi connectivity index (χ2n) is 3.51. The first kappa shape index (κ1) is 13.9. The number of rotatable bonds is 8. The van der Waals surface area contributed by atoms with Gasteiger partial charge in [-0.05, 0) is 18.6 Å². The van der Waals surface area contributed by atoms with Crippen molar-refractivity contribution < 1.29 is 19.3 Å². The van der Waals surface area contributed by atoms with E-state index in [0.717, 1.165) is 11.3 Å². The highest BCUT2D eigenvalue weighted by molar-refractivity contribution is 5.24. The summed E-state index contributed by atoms with van der Waals surface area (Å²) in [5.41, 5.74) is 1.60. The topological polar surface area (TPSA) is 60.8 Å². The van der Waals surface area contributed by atoms with Crippen LogP contribution in [0, 0.1) is 6.92 Å². The highest BCUT2D eigenvalue weighted by Crippen LogP contribution is 2.12. The summed E-state index contributed by atoms with van der Waals surface area (Å²) in [4.78, 5) is 4.22. The van der Waals surface area contributed by atoms with Crippen LogP contribution in [-0.2, 0) is 16.1 Å². The molecule has 1 rings (SSSR count). The molecule has 0 fully saturated rings. The van der Waals surface area contributed by atoms with Crippen LogP contribution in [0.4, 0.5) is 0 Å². The van der Waals surface area contributed by atoms with Gasteiger partial charge in [-0.3, -0.25) is 0 Å². The molecule has 0 unspecified atom stereocenters. The molecule has 0 saturated heterocycles. The highest BCUT2D eigenvalue weighted by atomic mass is 16.5. The first-order valence-electron chi connectivity index (χ1n) is 5.54. The molecule has 0 aromatic carbocycles. The van der Waals surface area contributed by atoms with Gasteiger partial charge in [0.15, 0.2) is 0 Å². The second-order valence-corrected chi connectivity index (χ2v) is 3.51. The molecule has 5 nitrogen and oxygen atoms in total. The zero-order chi connectivity index (χ0) is 12.5. The molecular formula is C12H19NO4. The molecule has 5 heteroatoms. The normalized spacial score (nSPS) is 10.5. The predicted molar refractivity (Wildman–Crippen MR) is 63.1 cm³/mol. The molecule has 0 spiro atoms. The minimum atomic E-state index is -0.000752. The van der Waals surface area contributed by atoms with E-state index in [2.05, 4.69) is 4.98 Å². The molecule has 0 saturated carbocycles. The number of hydrogen-bond donors (Lipinski definition) is 1. The summed E-state index contributed by atoms with van der Waals surface area (Å²) < 4.78 is 15.5. The summed E-state index contributed by atoms with van der Waals surface area (Å²) in [6, 6.07) is 3.55. The van der Waals surface area contributed by atoms with E-state index in [1.54, 1.807) is 13.2 Å². The van der Waals surface area contributed by atoms with E-state index in [9.17, 15) is 0 Å². The average molecular weight is 241 g/mol. The highest BCUT2D eigenvalue weighted by Gasteiger charge is 2.01. The Kier molecular flexibility index (Phi) is 6.54. The van der Waals surface area contributed by atoms with Gasteiger partial charge in [0.1, 0.15) is 6.61 Å². The molecule has 1 heterocycles. The zero-order valence-electron chi connectivity index (χ0n) is 10.3. The molecule has 0 bridgehead atoms. The fourth-order valence-corrected chi connectivity index (χ4v) is 1.26. The lowest BCUT2D eigenvalue weighted by atomic mass is 10.2. The fourth-order valence-electron chi connectivity index (χ4n) is 1.26. The van der Waals surface area contributed by atoms with Crippen molar-refractivity contribution in [3.8, 4) is 5.88 Å². The largest absolute Gasteiger partial charge is 0.475 e. The lowest BCUT2D eigenvalue weighted by Crippen LogP contribution is -2.10. The van der Waals surface area contributed by atoms with Gasteiger partial charge in [0.2, 0.25) is 5.88 Å². The van der Waals surface area contributed by atoms with E-state index in [1.165, 1.54) is 0 Å². The first-order valence-corrected chi connectivity index (χ1v) is 5.54. The maximum atomic E-state index is 8.99. The number of methoxy groups -OCH3 is 1. The molecule has 0 aliphatic rings. The van der Waals surface area contributed by atoms with Crippen molar-refractivity contribution in [1.82, 2.24) is 4.98 Å². The van der Waals surface area contributed by atoms with E-state index in [1.807, 2.05) is 13.0 Å². The first-order chi connectivity index (χ1) is 8.27. The minimum Gasteiger partial charge on any atom is -0.475 e. The summed E-state index contributed by atoms with van der Waals surface area (Å²) in [7, 11) is 1.63. The Bertz CT molecular complexity index is 330. The van der Waals surface area contributed by atoms with Crippen LogP contribution in [0.15, 0.2) is 12.1 Å². The SMILES string of the molecule is COCCOCCOc1ccc(CO)c(C)n1. The second kappa shape index (κ2) is 8.00. The van der Waals surface area contributed by atoms with Crippen LogP contribution in [0.2, 0.25) is 0 Å². The van der Waals surface area contributed by atoms with Crippen LogP contribution in [0.3, 0.4) is 0 Å². The van der Waals surface area contributed by atoms with Crippen LogP contribution in [0.25, 0.3) is 0 Å². The zero-order valence-corrected chi connectivity index (χ0v) is 10.3. The van der Waals surface area contributed by atoms with E-state index in [4.69, 9.17) is 19.3 Å². The van der Waals surface area contributed by atoms with Gasteiger partial charge in [-0.1, -0.05) is 0 Å². The number of aliphatic hydroxyl groups is 1. The van der Waals surface area contributed by atoms with E-state index in [0.29, 0.717) is 32.3 Å². The van der Waals surface area contributed by atoms with Crippen LogP contribution >= 0.6 is 0 Å². The van der Waals surface area contributed by atoms with Gasteiger partial charge < -0.3 is 19.3 Å². The van der Waals surface area contributed by atoms with Gasteiger partial charge >= 0.3 is 0 Å². The number of nitrogens with zero attached hydrogens (tertiary/aromatic N) is 1. The van der Waals surface area contributed by atoms with Crippen LogP contribution in [0.1, 0.15) is 11.3 Å². The van der Waals surface area contributed by atoms with E-state index >= 15 is 0 Å². The monoisotopic (exact) mass is 241 g/mol. The number of aromatic nitrogens is 1. The van der Waals surface area contributed by atoms with Gasteiger partial charge in [-0.15, -0.1) is 0 Å². The van der Waals surface area contributed by atoms with Gasteiger partial charge in [0, 0.05) is 18.9 Å². The Morgan fingerprint density at radius 2 is 1.94 bits per heavy atom. The molecule has 1 N–H and O–H groups in total. The molecule has 0 atom stereocenters. The predicted octanol–water partition coefficient (Wildman–Crippen LogP) is 0.924. The molecule has 17 heavy (non-hydrogen) atoms. The Morgan fingerprint density at radius 3 is 2.59 bits per heavy atom. The summed E-state index contributed by atoms with van der Waals surface area (Å²) >= 11 is 0. The summed E-state index contributed by atoms with van der Waals surface area (Å²) in [5.74, 6) is 0.551. The quantitative estimate of drug-likeness (QED) is 0.686. The minimum absolute atomic E-state index is 0.000752. The van der Waals surface area contributed by atoms with E-state index < -0.39 is 0 Å². The molecule has 0 aliphatic carbocycles. The van der Waals surface area contributed by atoms with Crippen molar-refractivity contribution in [2.45, 2.75) is 13.5 Å². The van der Waals surface area contributed by atoms with Crippen molar-refractivity contribution in [3.05, 3.63) is 23.4 Å². The molecule has 0 amide bonds. The third-order valence-corrected chi connectivity index (χ3v) is 2.25.